The monoisotopic (exact) mass is 463 g/mol. The molecule has 0 bridgehead atoms. The molecule has 0 unspecified atom stereocenters. The molecular weight excluding hydrogens is 430 g/mol. The van der Waals surface area contributed by atoms with Crippen LogP contribution in [0, 0.1) is 0 Å². The normalized spacial score (nSPS) is 16.2. The number of hydrogen-bond acceptors (Lipinski definition) is 5. The number of carbonyl (C=O) groups excluding carboxylic acids is 1. The van der Waals surface area contributed by atoms with Gasteiger partial charge in [0.1, 0.15) is 4.21 Å². The van der Waals surface area contributed by atoms with E-state index in [4.69, 9.17) is 0 Å². The van der Waals surface area contributed by atoms with E-state index < -0.39 is 10.0 Å². The first-order chi connectivity index (χ1) is 14.7. The number of rotatable bonds is 8. The van der Waals surface area contributed by atoms with Gasteiger partial charge in [0.15, 0.2) is 0 Å². The lowest BCUT2D eigenvalue weighted by molar-refractivity contribution is -0.117. The first-order valence-electron chi connectivity index (χ1n) is 10.9. The maximum Gasteiger partial charge on any atom is 0.250 e. The summed E-state index contributed by atoms with van der Waals surface area (Å²) in [5.41, 5.74) is 3.25. The predicted octanol–water partition coefficient (Wildman–Crippen LogP) is 4.38. The smallest absolute Gasteiger partial charge is 0.250 e. The van der Waals surface area contributed by atoms with Crippen LogP contribution in [0.1, 0.15) is 63.5 Å². The lowest BCUT2D eigenvalue weighted by atomic mass is 9.92. The zero-order chi connectivity index (χ0) is 22.6. The molecule has 31 heavy (non-hydrogen) atoms. The van der Waals surface area contributed by atoms with Crippen molar-refractivity contribution >= 4 is 33.0 Å². The van der Waals surface area contributed by atoms with E-state index in [9.17, 15) is 13.2 Å². The van der Waals surface area contributed by atoms with E-state index in [0.29, 0.717) is 48.5 Å². The standard InChI is InChI=1S/C23H33N3O3S2/c1-16(2)19-7-5-8-20(17(3)4)23(19)24-21(27)15-26-12-10-18(11-13-26)25-31(28,29)22-9-6-14-30-22/h5-9,14,16-18,25H,10-13,15H2,1-4H3,(H,24,27). The summed E-state index contributed by atoms with van der Waals surface area (Å²) in [6.07, 6.45) is 1.38. The van der Waals surface area contributed by atoms with E-state index in [2.05, 4.69) is 60.8 Å². The third-order valence-corrected chi connectivity index (χ3v) is 8.59. The molecule has 0 saturated carbocycles. The van der Waals surface area contributed by atoms with Crippen LogP contribution in [0.15, 0.2) is 39.9 Å². The van der Waals surface area contributed by atoms with Crippen LogP contribution in [-0.4, -0.2) is 44.9 Å². The van der Waals surface area contributed by atoms with Gasteiger partial charge in [-0.3, -0.25) is 9.69 Å². The molecule has 2 aromatic rings. The topological polar surface area (TPSA) is 78.5 Å². The maximum absolute atomic E-state index is 12.8. The average Bonchev–Trinajstić information content (AvgIpc) is 3.25. The number of benzene rings is 1. The molecule has 0 radical (unpaired) electrons. The minimum Gasteiger partial charge on any atom is -0.324 e. The lowest BCUT2D eigenvalue weighted by Crippen LogP contribution is -2.46. The molecule has 0 aliphatic carbocycles. The van der Waals surface area contributed by atoms with E-state index in [0.717, 1.165) is 16.8 Å². The highest BCUT2D eigenvalue weighted by molar-refractivity contribution is 7.91. The van der Waals surface area contributed by atoms with E-state index in [-0.39, 0.29) is 11.9 Å². The molecule has 1 aromatic heterocycles. The fourth-order valence-electron chi connectivity index (χ4n) is 3.98. The maximum atomic E-state index is 12.8. The molecule has 6 nitrogen and oxygen atoms in total. The van der Waals surface area contributed by atoms with Crippen molar-refractivity contribution in [2.75, 3.05) is 25.0 Å². The first-order valence-corrected chi connectivity index (χ1v) is 13.2. The number of sulfonamides is 1. The Labute approximate surface area is 190 Å². The van der Waals surface area contributed by atoms with Gasteiger partial charge in [0.25, 0.3) is 0 Å². The van der Waals surface area contributed by atoms with Gasteiger partial charge in [-0.2, -0.15) is 0 Å². The molecule has 1 saturated heterocycles. The van der Waals surface area contributed by atoms with Crippen LogP contribution in [0.25, 0.3) is 0 Å². The Bertz CT molecular complexity index is 951. The molecule has 1 amide bonds. The summed E-state index contributed by atoms with van der Waals surface area (Å²) in [4.78, 5) is 14.9. The quantitative estimate of drug-likeness (QED) is 0.609. The van der Waals surface area contributed by atoms with Gasteiger partial charge >= 0.3 is 0 Å². The van der Waals surface area contributed by atoms with Crippen LogP contribution in [0.5, 0.6) is 0 Å². The van der Waals surface area contributed by atoms with Gasteiger partial charge < -0.3 is 5.32 Å². The first kappa shape index (κ1) is 23.9. The van der Waals surface area contributed by atoms with Crippen molar-refractivity contribution in [1.82, 2.24) is 9.62 Å². The third-order valence-electron chi connectivity index (χ3n) is 5.67. The second kappa shape index (κ2) is 10.3. The number of hydrogen-bond donors (Lipinski definition) is 2. The molecule has 2 heterocycles. The molecule has 8 heteroatoms. The highest BCUT2D eigenvalue weighted by Gasteiger charge is 2.26. The third kappa shape index (κ3) is 6.16. The summed E-state index contributed by atoms with van der Waals surface area (Å²) in [6, 6.07) is 9.48. The van der Waals surface area contributed by atoms with Crippen molar-refractivity contribution in [2.45, 2.75) is 62.6 Å². The van der Waals surface area contributed by atoms with Gasteiger partial charge in [0.2, 0.25) is 15.9 Å². The predicted molar refractivity (Wildman–Crippen MR) is 127 cm³/mol. The Hall–Kier alpha value is -1.74. The molecule has 1 aromatic carbocycles. The van der Waals surface area contributed by atoms with Crippen molar-refractivity contribution in [3.63, 3.8) is 0 Å². The molecule has 0 atom stereocenters. The van der Waals surface area contributed by atoms with Crippen LogP contribution in [0.3, 0.4) is 0 Å². The zero-order valence-electron chi connectivity index (χ0n) is 18.7. The molecule has 3 rings (SSSR count). The van der Waals surface area contributed by atoms with Crippen LogP contribution < -0.4 is 10.0 Å². The molecule has 2 N–H and O–H groups in total. The van der Waals surface area contributed by atoms with Gasteiger partial charge in [-0.15, -0.1) is 11.3 Å². The van der Waals surface area contributed by atoms with Crippen molar-refractivity contribution in [2.24, 2.45) is 0 Å². The Morgan fingerprint density at radius 2 is 1.68 bits per heavy atom. The van der Waals surface area contributed by atoms with Crippen LogP contribution in [-0.2, 0) is 14.8 Å². The van der Waals surface area contributed by atoms with Gasteiger partial charge in [0.05, 0.1) is 6.54 Å². The number of nitrogens with one attached hydrogen (secondary N) is 2. The molecule has 0 spiro atoms. The fourth-order valence-corrected chi connectivity index (χ4v) is 6.29. The summed E-state index contributed by atoms with van der Waals surface area (Å²) in [7, 11) is -3.45. The van der Waals surface area contributed by atoms with Crippen molar-refractivity contribution in [3.05, 3.63) is 46.8 Å². The number of anilines is 1. The van der Waals surface area contributed by atoms with Crippen LogP contribution >= 0.6 is 11.3 Å². The summed E-state index contributed by atoms with van der Waals surface area (Å²) < 4.78 is 28.0. The van der Waals surface area contributed by atoms with Crippen molar-refractivity contribution < 1.29 is 13.2 Å². The molecule has 170 valence electrons. The summed E-state index contributed by atoms with van der Waals surface area (Å²) >= 11 is 1.22. The number of carbonyl (C=O) groups is 1. The van der Waals surface area contributed by atoms with Crippen molar-refractivity contribution in [1.29, 1.82) is 0 Å². The summed E-state index contributed by atoms with van der Waals surface area (Å²) in [5, 5.41) is 4.93. The van der Waals surface area contributed by atoms with Gasteiger partial charge in [-0.05, 0) is 47.3 Å². The molecular formula is C23H33N3O3S2. The van der Waals surface area contributed by atoms with Gasteiger partial charge in [0, 0.05) is 24.8 Å². The van der Waals surface area contributed by atoms with Crippen LogP contribution in [0.4, 0.5) is 5.69 Å². The molecule has 1 fully saturated rings. The lowest BCUT2D eigenvalue weighted by Gasteiger charge is -2.31. The van der Waals surface area contributed by atoms with Crippen LogP contribution in [0.2, 0.25) is 0 Å². The Morgan fingerprint density at radius 1 is 1.06 bits per heavy atom. The van der Waals surface area contributed by atoms with E-state index in [1.807, 2.05) is 0 Å². The number of likely N-dealkylation sites (tertiary alicyclic amines) is 1. The molecule has 1 aliphatic heterocycles. The van der Waals surface area contributed by atoms with Gasteiger partial charge in [-0.25, -0.2) is 13.1 Å². The minimum atomic E-state index is -3.45. The van der Waals surface area contributed by atoms with E-state index >= 15 is 0 Å². The van der Waals surface area contributed by atoms with E-state index in [1.54, 1.807) is 17.5 Å². The number of amides is 1. The summed E-state index contributed by atoms with van der Waals surface area (Å²) in [5.74, 6) is 0.620. The SMILES string of the molecule is CC(C)c1cccc(C(C)C)c1NC(=O)CN1CCC(NS(=O)(=O)c2cccs2)CC1. The number of nitrogens with zero attached hydrogens (tertiary/aromatic N) is 1. The highest BCUT2D eigenvalue weighted by Crippen LogP contribution is 2.32. The number of para-hydroxylation sites is 1. The Morgan fingerprint density at radius 3 is 2.19 bits per heavy atom. The van der Waals surface area contributed by atoms with E-state index in [1.165, 1.54) is 11.3 Å². The minimum absolute atomic E-state index is 0.0207. The molecule has 1 aliphatic rings. The summed E-state index contributed by atoms with van der Waals surface area (Å²) in [6.45, 7) is 10.2. The average molecular weight is 464 g/mol. The largest absolute Gasteiger partial charge is 0.324 e. The van der Waals surface area contributed by atoms with Crippen molar-refractivity contribution in [3.8, 4) is 0 Å². The Balaban J connectivity index is 1.56. The second-order valence-corrected chi connectivity index (χ2v) is 11.7. The Kier molecular flexibility index (Phi) is 7.91. The zero-order valence-corrected chi connectivity index (χ0v) is 20.4. The number of thiophene rings is 1. The number of piperidine rings is 1. The highest BCUT2D eigenvalue weighted by atomic mass is 32.2. The fraction of sp³-hybridized carbons (Fsp3) is 0.522. The second-order valence-electron chi connectivity index (χ2n) is 8.77. The van der Waals surface area contributed by atoms with Gasteiger partial charge in [-0.1, -0.05) is 52.0 Å².